The maximum Gasteiger partial charge on any atom is 0.219 e. The van der Waals surface area contributed by atoms with Crippen LogP contribution in [-0.2, 0) is 4.79 Å². The molecular weight excluding hydrogens is 196 g/mol. The normalized spacial score (nSPS) is 13.5. The van der Waals surface area contributed by atoms with Crippen molar-refractivity contribution in [2.75, 3.05) is 0 Å². The van der Waals surface area contributed by atoms with E-state index >= 15 is 0 Å². The van der Waals surface area contributed by atoms with Gasteiger partial charge in [0.1, 0.15) is 6.33 Å². The van der Waals surface area contributed by atoms with E-state index in [1.54, 1.807) is 6.07 Å². The fraction of sp³-hybridized carbons (Fsp3) is 0.222. The highest BCUT2D eigenvalue weighted by Gasteiger charge is 2.15. The van der Waals surface area contributed by atoms with Crippen molar-refractivity contribution in [1.82, 2.24) is 9.97 Å². The highest BCUT2D eigenvalue weighted by molar-refractivity contribution is 5.78. The zero-order valence-electron chi connectivity index (χ0n) is 8.00. The van der Waals surface area contributed by atoms with Gasteiger partial charge in [-0.15, -0.1) is 0 Å². The highest BCUT2D eigenvalue weighted by Crippen LogP contribution is 2.15. The molecule has 5 N–H and O–H groups in total. The summed E-state index contributed by atoms with van der Waals surface area (Å²) < 4.78 is 0. The van der Waals surface area contributed by atoms with E-state index < -0.39 is 11.9 Å². The van der Waals surface area contributed by atoms with Crippen molar-refractivity contribution in [3.8, 4) is 0 Å². The molecule has 0 aliphatic heterocycles. The first-order chi connectivity index (χ1) is 7.15. The van der Waals surface area contributed by atoms with Crippen LogP contribution in [0.25, 0.3) is 5.57 Å². The predicted octanol–water partition coefficient (Wildman–Crippen LogP) is -0.422. The van der Waals surface area contributed by atoms with E-state index in [1.165, 1.54) is 12.5 Å². The Hall–Kier alpha value is -1.95. The molecule has 1 unspecified atom stereocenters. The van der Waals surface area contributed by atoms with E-state index in [0.29, 0.717) is 11.3 Å². The number of aliphatic hydroxyl groups excluding tert-OH is 1. The topological polar surface area (TPSA) is 115 Å². The Kier molecular flexibility index (Phi) is 3.75. The van der Waals surface area contributed by atoms with E-state index in [1.807, 2.05) is 0 Å². The Bertz CT molecular complexity index is 364. The van der Waals surface area contributed by atoms with E-state index in [9.17, 15) is 4.79 Å². The van der Waals surface area contributed by atoms with Crippen LogP contribution in [0.4, 0.5) is 0 Å². The van der Waals surface area contributed by atoms with Gasteiger partial charge in [-0.25, -0.2) is 9.97 Å². The van der Waals surface area contributed by atoms with Gasteiger partial charge in [0.05, 0.1) is 12.0 Å². The summed E-state index contributed by atoms with van der Waals surface area (Å²) in [5.41, 5.74) is 11.5. The minimum Gasteiger partial charge on any atom is -0.515 e. The second kappa shape index (κ2) is 5.06. The smallest absolute Gasteiger partial charge is 0.219 e. The van der Waals surface area contributed by atoms with E-state index in [4.69, 9.17) is 16.6 Å². The van der Waals surface area contributed by atoms with Gasteiger partial charge in [-0.1, -0.05) is 0 Å². The Morgan fingerprint density at radius 3 is 2.87 bits per heavy atom. The van der Waals surface area contributed by atoms with Gasteiger partial charge in [0.2, 0.25) is 5.91 Å². The number of primary amides is 1. The second-order valence-corrected chi connectivity index (χ2v) is 2.96. The van der Waals surface area contributed by atoms with E-state index in [0.717, 1.165) is 6.26 Å². The molecular formula is C9H12N4O2. The third-order valence-corrected chi connectivity index (χ3v) is 1.84. The molecule has 0 saturated carbocycles. The number of carbonyl (C=O) groups is 1. The minimum atomic E-state index is -0.664. The lowest BCUT2D eigenvalue weighted by molar-refractivity contribution is -0.118. The summed E-state index contributed by atoms with van der Waals surface area (Å²) in [5, 5.41) is 9.01. The molecule has 0 spiro atoms. The average molecular weight is 208 g/mol. The third kappa shape index (κ3) is 3.03. The van der Waals surface area contributed by atoms with Crippen molar-refractivity contribution in [1.29, 1.82) is 0 Å². The predicted molar refractivity (Wildman–Crippen MR) is 54.4 cm³/mol. The maximum atomic E-state index is 10.7. The fourth-order valence-corrected chi connectivity index (χ4v) is 1.14. The van der Waals surface area contributed by atoms with Crippen LogP contribution in [-0.4, -0.2) is 27.0 Å². The van der Waals surface area contributed by atoms with Crippen LogP contribution in [0.15, 0.2) is 24.9 Å². The molecule has 0 aliphatic rings. The van der Waals surface area contributed by atoms with Gasteiger partial charge in [-0.2, -0.15) is 0 Å². The SMILES string of the molecule is NC(=O)CC(N)/C(=C/O)c1ccncn1. The van der Waals surface area contributed by atoms with Crippen LogP contribution in [0.5, 0.6) is 0 Å². The molecule has 1 aromatic rings. The zero-order chi connectivity index (χ0) is 11.3. The molecule has 0 bridgehead atoms. The van der Waals surface area contributed by atoms with Crippen molar-refractivity contribution in [2.45, 2.75) is 12.5 Å². The molecule has 1 amide bonds. The molecule has 1 atom stereocenters. The molecule has 6 heteroatoms. The summed E-state index contributed by atoms with van der Waals surface area (Å²) in [4.78, 5) is 18.3. The molecule has 6 nitrogen and oxygen atoms in total. The first-order valence-corrected chi connectivity index (χ1v) is 4.29. The number of carbonyl (C=O) groups excluding carboxylic acids is 1. The number of nitrogens with two attached hydrogens (primary N) is 2. The number of aromatic nitrogens is 2. The summed E-state index contributed by atoms with van der Waals surface area (Å²) >= 11 is 0. The van der Waals surface area contributed by atoms with Gasteiger partial charge in [-0.3, -0.25) is 4.79 Å². The summed E-state index contributed by atoms with van der Waals surface area (Å²) in [7, 11) is 0. The van der Waals surface area contributed by atoms with Crippen molar-refractivity contribution in [3.63, 3.8) is 0 Å². The molecule has 1 heterocycles. The lowest BCUT2D eigenvalue weighted by atomic mass is 10.0. The number of hydrogen-bond acceptors (Lipinski definition) is 5. The lowest BCUT2D eigenvalue weighted by Crippen LogP contribution is -2.29. The quantitative estimate of drug-likeness (QED) is 0.581. The summed E-state index contributed by atoms with van der Waals surface area (Å²) in [6.07, 6.45) is 3.63. The molecule has 0 radical (unpaired) electrons. The molecule has 0 aromatic carbocycles. The lowest BCUT2D eigenvalue weighted by Gasteiger charge is -2.12. The molecule has 80 valence electrons. The number of amides is 1. The van der Waals surface area contributed by atoms with Crippen molar-refractivity contribution >= 4 is 11.5 Å². The van der Waals surface area contributed by atoms with Gasteiger partial charge in [0, 0.05) is 24.2 Å². The molecule has 0 saturated heterocycles. The maximum absolute atomic E-state index is 10.7. The summed E-state index contributed by atoms with van der Waals surface area (Å²) in [6.45, 7) is 0. The van der Waals surface area contributed by atoms with Gasteiger partial charge in [0.15, 0.2) is 0 Å². The van der Waals surface area contributed by atoms with Gasteiger partial charge in [0.25, 0.3) is 0 Å². The zero-order valence-corrected chi connectivity index (χ0v) is 8.00. The number of aliphatic hydroxyl groups is 1. The molecule has 15 heavy (non-hydrogen) atoms. The average Bonchev–Trinajstić information content (AvgIpc) is 2.19. The van der Waals surface area contributed by atoms with E-state index in [-0.39, 0.29) is 6.42 Å². The Labute approximate surface area is 86.6 Å². The van der Waals surface area contributed by atoms with Crippen molar-refractivity contribution in [2.24, 2.45) is 11.5 Å². The first kappa shape index (κ1) is 11.1. The Morgan fingerprint density at radius 2 is 2.40 bits per heavy atom. The van der Waals surface area contributed by atoms with Gasteiger partial charge >= 0.3 is 0 Å². The number of rotatable bonds is 4. The monoisotopic (exact) mass is 208 g/mol. The van der Waals surface area contributed by atoms with Crippen LogP contribution in [0.2, 0.25) is 0 Å². The second-order valence-electron chi connectivity index (χ2n) is 2.96. The fourth-order valence-electron chi connectivity index (χ4n) is 1.14. The third-order valence-electron chi connectivity index (χ3n) is 1.84. The molecule has 0 aliphatic carbocycles. The first-order valence-electron chi connectivity index (χ1n) is 4.29. The summed E-state index contributed by atoms with van der Waals surface area (Å²) in [5.74, 6) is -0.532. The minimum absolute atomic E-state index is 0.0452. The molecule has 0 fully saturated rings. The van der Waals surface area contributed by atoms with Crippen LogP contribution in [0.3, 0.4) is 0 Å². The van der Waals surface area contributed by atoms with Crippen LogP contribution in [0, 0.1) is 0 Å². The highest BCUT2D eigenvalue weighted by atomic mass is 16.2. The van der Waals surface area contributed by atoms with Gasteiger partial charge in [-0.05, 0) is 6.07 Å². The standard InChI is InChI=1S/C9H12N4O2/c10-7(3-9(11)15)6(4-14)8-1-2-12-5-13-8/h1-2,4-5,7,14H,3,10H2,(H2,11,15)/b6-4-. The molecule has 1 rings (SSSR count). The van der Waals surface area contributed by atoms with Crippen LogP contribution in [0.1, 0.15) is 12.1 Å². The number of nitrogens with zero attached hydrogens (tertiary/aromatic N) is 2. The summed E-state index contributed by atoms with van der Waals surface area (Å²) in [6, 6.07) is 0.922. The van der Waals surface area contributed by atoms with Crippen molar-refractivity contribution in [3.05, 3.63) is 30.5 Å². The number of hydrogen-bond donors (Lipinski definition) is 3. The Morgan fingerprint density at radius 1 is 1.67 bits per heavy atom. The van der Waals surface area contributed by atoms with Crippen LogP contribution < -0.4 is 11.5 Å². The van der Waals surface area contributed by atoms with E-state index in [2.05, 4.69) is 9.97 Å². The van der Waals surface area contributed by atoms with Crippen LogP contribution >= 0.6 is 0 Å². The Balaban J connectivity index is 2.86. The van der Waals surface area contributed by atoms with Gasteiger partial charge < -0.3 is 16.6 Å². The van der Waals surface area contributed by atoms with Crippen molar-refractivity contribution < 1.29 is 9.90 Å². The molecule has 1 aromatic heterocycles. The largest absolute Gasteiger partial charge is 0.515 e.